The second kappa shape index (κ2) is 12.0. The van der Waals surface area contributed by atoms with Gasteiger partial charge in [-0.15, -0.1) is 0 Å². The first-order valence-electron chi connectivity index (χ1n) is 13.5. The smallest absolute Gasteiger partial charge is 0.229 e. The number of nitrogens with zero attached hydrogens (tertiary/aromatic N) is 6. The summed E-state index contributed by atoms with van der Waals surface area (Å²) in [6.07, 6.45) is 4.94. The predicted octanol–water partition coefficient (Wildman–Crippen LogP) is 4.68. The van der Waals surface area contributed by atoms with Crippen molar-refractivity contribution in [1.82, 2.24) is 19.6 Å². The Bertz CT molecular complexity index is 1540. The van der Waals surface area contributed by atoms with E-state index in [4.69, 9.17) is 20.5 Å². The van der Waals surface area contributed by atoms with Crippen LogP contribution in [-0.4, -0.2) is 57.5 Å². The molecule has 0 aliphatic carbocycles. The molecule has 3 aromatic heterocycles. The van der Waals surface area contributed by atoms with Crippen LogP contribution in [0.3, 0.4) is 0 Å². The molecule has 1 aliphatic rings. The zero-order valence-electron chi connectivity index (χ0n) is 23.1. The van der Waals surface area contributed by atoms with E-state index in [9.17, 15) is 0 Å². The number of nitriles is 1. The van der Waals surface area contributed by atoms with E-state index in [0.29, 0.717) is 43.3 Å². The zero-order chi connectivity index (χ0) is 29.1. The fourth-order valence-electron chi connectivity index (χ4n) is 5.15. The highest BCUT2D eigenvalue weighted by molar-refractivity contribution is 5.74. The number of hydrogen-bond donors (Lipinski definition) is 2. The largest absolute Gasteiger partial charge is 0.491 e. The summed E-state index contributed by atoms with van der Waals surface area (Å²) in [6, 6.07) is 9.28. The van der Waals surface area contributed by atoms with Crippen molar-refractivity contribution in [1.29, 1.82) is 5.26 Å². The third kappa shape index (κ3) is 6.06. The quantitative estimate of drug-likeness (QED) is 0.280. The first-order valence-corrected chi connectivity index (χ1v) is 13.5. The van der Waals surface area contributed by atoms with Crippen LogP contribution >= 0.6 is 0 Å². The molecule has 3 atom stereocenters. The lowest BCUT2D eigenvalue weighted by molar-refractivity contribution is -0.00331. The monoisotopic (exact) mass is 562 g/mol. The third-order valence-electron chi connectivity index (χ3n) is 6.86. The molecular formula is C29H32F2N8O2. The minimum atomic E-state index is -0.776. The van der Waals surface area contributed by atoms with Crippen LogP contribution in [0.5, 0.6) is 5.75 Å². The van der Waals surface area contributed by atoms with Gasteiger partial charge in [0, 0.05) is 43.4 Å². The molecule has 0 amide bonds. The summed E-state index contributed by atoms with van der Waals surface area (Å²) in [5.41, 5.74) is 8.50. The molecule has 1 fully saturated rings. The number of aromatic nitrogens is 4. The van der Waals surface area contributed by atoms with Crippen molar-refractivity contribution in [2.75, 3.05) is 29.9 Å². The van der Waals surface area contributed by atoms with Gasteiger partial charge in [0.2, 0.25) is 5.95 Å². The topological polar surface area (TPSA) is 127 Å². The number of imidazole rings is 1. The number of nitrogens with one attached hydrogen (secondary N) is 1. The number of piperidine rings is 1. The fraction of sp³-hybridized carbons (Fsp3) is 0.379. The molecule has 0 radical (unpaired) electrons. The van der Waals surface area contributed by atoms with Gasteiger partial charge < -0.3 is 25.4 Å². The summed E-state index contributed by atoms with van der Waals surface area (Å²) in [6.45, 7) is 7.22. The Hall–Kier alpha value is -4.34. The summed E-state index contributed by atoms with van der Waals surface area (Å²) in [4.78, 5) is 10.9. The van der Waals surface area contributed by atoms with E-state index < -0.39 is 11.6 Å². The molecule has 4 heterocycles. The minimum Gasteiger partial charge on any atom is -0.491 e. The van der Waals surface area contributed by atoms with Gasteiger partial charge in [0.1, 0.15) is 17.4 Å². The Morgan fingerprint density at radius 3 is 2.66 bits per heavy atom. The molecule has 0 spiro atoms. The van der Waals surface area contributed by atoms with E-state index in [-0.39, 0.29) is 41.2 Å². The number of ether oxygens (including phenoxy) is 2. The van der Waals surface area contributed by atoms with Crippen LogP contribution in [0, 0.1) is 28.9 Å². The molecule has 1 aromatic carbocycles. The molecule has 0 bridgehead atoms. The molecule has 3 N–H and O–H groups in total. The van der Waals surface area contributed by atoms with E-state index in [0.717, 1.165) is 17.8 Å². The second-order valence-electron chi connectivity index (χ2n) is 10.4. The number of rotatable bonds is 9. The summed E-state index contributed by atoms with van der Waals surface area (Å²) in [7, 11) is 0. The van der Waals surface area contributed by atoms with Gasteiger partial charge in [-0.3, -0.25) is 4.98 Å². The highest BCUT2D eigenvalue weighted by Crippen LogP contribution is 2.33. The standard InChI is InChI=1S/C29H32F2N8O2/c1-17(2)41-20-11-21(30)27(22(31)12-20)24-6-5-19-13-35-29(39(19)37-24)36-25-14-34-9-7-26(25)38-15-18(3)28(23(33)16-38)40-10-4-8-32/h5-7,9,11-14,17-18,23,28H,4,10,15-16,33H2,1-3H3,(H,35,36)/t18-,23+,28-/m0/s1. The second-order valence-corrected chi connectivity index (χ2v) is 10.4. The van der Waals surface area contributed by atoms with Gasteiger partial charge in [0.25, 0.3) is 0 Å². The van der Waals surface area contributed by atoms with Gasteiger partial charge in [-0.2, -0.15) is 14.9 Å². The van der Waals surface area contributed by atoms with Crippen molar-refractivity contribution in [2.24, 2.45) is 11.7 Å². The first-order chi connectivity index (χ1) is 19.7. The van der Waals surface area contributed by atoms with Gasteiger partial charge in [-0.05, 0) is 32.0 Å². The van der Waals surface area contributed by atoms with Gasteiger partial charge >= 0.3 is 0 Å². The molecule has 1 saturated heterocycles. The summed E-state index contributed by atoms with van der Waals surface area (Å²) >= 11 is 0. The average Bonchev–Trinajstić information content (AvgIpc) is 3.31. The molecule has 0 unspecified atom stereocenters. The van der Waals surface area contributed by atoms with Crippen LogP contribution in [0.2, 0.25) is 0 Å². The summed E-state index contributed by atoms with van der Waals surface area (Å²) < 4.78 is 42.9. The number of fused-ring (bicyclic) bond motifs is 1. The normalized spacial score (nSPS) is 19.0. The Labute approximate surface area is 236 Å². The number of hydrogen-bond acceptors (Lipinski definition) is 9. The van der Waals surface area contributed by atoms with Crippen LogP contribution in [0.25, 0.3) is 16.8 Å². The number of halogens is 2. The molecule has 41 heavy (non-hydrogen) atoms. The van der Waals surface area contributed by atoms with Crippen LogP contribution in [0.1, 0.15) is 27.2 Å². The Morgan fingerprint density at radius 2 is 1.95 bits per heavy atom. The van der Waals surface area contributed by atoms with Crippen molar-refractivity contribution in [2.45, 2.75) is 45.4 Å². The molecule has 12 heteroatoms. The maximum atomic E-state index is 15.0. The lowest BCUT2D eigenvalue weighted by Crippen LogP contribution is -2.56. The van der Waals surface area contributed by atoms with Crippen LogP contribution in [-0.2, 0) is 4.74 Å². The lowest BCUT2D eigenvalue weighted by Gasteiger charge is -2.42. The van der Waals surface area contributed by atoms with Gasteiger partial charge in [0.15, 0.2) is 0 Å². The highest BCUT2D eigenvalue weighted by Gasteiger charge is 2.34. The highest BCUT2D eigenvalue weighted by atomic mass is 19.1. The SMILES string of the molecule is CC(C)Oc1cc(F)c(-c2ccc3cnc(Nc4cnccc4N4C[C@@H](N)[C@@H](OCCC#N)[C@@H](C)C4)n3n2)c(F)c1. The summed E-state index contributed by atoms with van der Waals surface area (Å²) in [5, 5.41) is 16.6. The van der Waals surface area contributed by atoms with Crippen molar-refractivity contribution in [3.8, 4) is 23.1 Å². The Morgan fingerprint density at radius 1 is 1.17 bits per heavy atom. The molecular weight excluding hydrogens is 530 g/mol. The third-order valence-corrected chi connectivity index (χ3v) is 6.86. The zero-order valence-corrected chi connectivity index (χ0v) is 23.1. The van der Waals surface area contributed by atoms with Crippen LogP contribution < -0.4 is 20.7 Å². The van der Waals surface area contributed by atoms with E-state index in [1.54, 1.807) is 44.6 Å². The van der Waals surface area contributed by atoms with Crippen molar-refractivity contribution < 1.29 is 18.3 Å². The number of pyridine rings is 1. The Balaban J connectivity index is 1.41. The Kier molecular flexibility index (Phi) is 8.28. The maximum absolute atomic E-state index is 15.0. The van der Waals surface area contributed by atoms with E-state index >= 15 is 8.78 Å². The van der Waals surface area contributed by atoms with Gasteiger partial charge in [-0.25, -0.2) is 13.8 Å². The predicted molar refractivity (Wildman–Crippen MR) is 151 cm³/mol. The molecule has 214 valence electrons. The molecule has 4 aromatic rings. The van der Waals surface area contributed by atoms with E-state index in [1.165, 1.54) is 4.52 Å². The lowest BCUT2D eigenvalue weighted by atomic mass is 9.92. The number of benzene rings is 1. The van der Waals surface area contributed by atoms with Gasteiger partial charge in [-0.1, -0.05) is 6.92 Å². The first kappa shape index (κ1) is 28.2. The average molecular weight is 563 g/mol. The maximum Gasteiger partial charge on any atom is 0.229 e. The summed E-state index contributed by atoms with van der Waals surface area (Å²) in [5.74, 6) is -0.967. The molecule has 1 aliphatic heterocycles. The minimum absolute atomic E-state index is 0.106. The molecule has 10 nitrogen and oxygen atoms in total. The number of anilines is 3. The van der Waals surface area contributed by atoms with E-state index in [2.05, 4.69) is 38.3 Å². The molecule has 5 rings (SSSR count). The van der Waals surface area contributed by atoms with Crippen LogP contribution in [0.15, 0.2) is 48.9 Å². The fourth-order valence-corrected chi connectivity index (χ4v) is 5.15. The van der Waals surface area contributed by atoms with Crippen LogP contribution in [0.4, 0.5) is 26.1 Å². The molecule has 0 saturated carbocycles. The van der Waals surface area contributed by atoms with E-state index in [1.807, 2.05) is 6.07 Å². The van der Waals surface area contributed by atoms with Crippen molar-refractivity contribution in [3.05, 3.63) is 60.6 Å². The van der Waals surface area contributed by atoms with Crippen molar-refractivity contribution >= 4 is 22.8 Å². The van der Waals surface area contributed by atoms with Gasteiger partial charge in [0.05, 0.1) is 71.8 Å². The number of nitrogens with two attached hydrogens (primary N) is 1. The van der Waals surface area contributed by atoms with Crippen molar-refractivity contribution in [3.63, 3.8) is 0 Å².